The van der Waals surface area contributed by atoms with E-state index in [2.05, 4.69) is 5.32 Å². The Kier molecular flexibility index (Phi) is 4.14. The third-order valence-electron chi connectivity index (χ3n) is 2.63. The van der Waals surface area contributed by atoms with Gasteiger partial charge in [-0.25, -0.2) is 4.39 Å². The molecule has 0 heterocycles. The molecule has 1 amide bonds. The van der Waals surface area contributed by atoms with Crippen molar-refractivity contribution in [1.29, 1.82) is 0 Å². The van der Waals surface area contributed by atoms with Crippen LogP contribution < -0.4 is 11.1 Å². The van der Waals surface area contributed by atoms with Crippen LogP contribution in [0.2, 0.25) is 5.02 Å². The van der Waals surface area contributed by atoms with Gasteiger partial charge in [0, 0.05) is 5.02 Å². The number of anilines is 1. The van der Waals surface area contributed by atoms with Crippen LogP contribution in [0, 0.1) is 5.82 Å². The summed E-state index contributed by atoms with van der Waals surface area (Å²) in [6.45, 7) is 0. The molecular weight excluding hydrogens is 267 g/mol. The topological polar surface area (TPSA) is 55.1 Å². The highest BCUT2D eigenvalue weighted by Gasteiger charge is 2.17. The van der Waals surface area contributed by atoms with Gasteiger partial charge in [-0.1, -0.05) is 41.9 Å². The van der Waals surface area contributed by atoms with Crippen molar-refractivity contribution in [3.63, 3.8) is 0 Å². The Labute approximate surface area is 115 Å². The molecule has 0 bridgehead atoms. The van der Waals surface area contributed by atoms with Crippen LogP contribution in [0.4, 0.5) is 10.1 Å². The molecule has 19 heavy (non-hydrogen) atoms. The van der Waals surface area contributed by atoms with E-state index >= 15 is 0 Å². The molecular formula is C14H12ClFN2O. The van der Waals surface area contributed by atoms with Crippen molar-refractivity contribution in [2.24, 2.45) is 5.73 Å². The van der Waals surface area contributed by atoms with Crippen molar-refractivity contribution in [3.8, 4) is 0 Å². The Morgan fingerprint density at radius 2 is 1.89 bits per heavy atom. The average Bonchev–Trinajstić information content (AvgIpc) is 2.43. The molecule has 0 unspecified atom stereocenters. The summed E-state index contributed by atoms with van der Waals surface area (Å²) < 4.78 is 13.5. The van der Waals surface area contributed by atoms with E-state index in [0.717, 1.165) is 0 Å². The molecule has 0 aromatic heterocycles. The molecule has 0 saturated carbocycles. The lowest BCUT2D eigenvalue weighted by Crippen LogP contribution is -2.28. The van der Waals surface area contributed by atoms with Gasteiger partial charge in [0.15, 0.2) is 0 Å². The van der Waals surface area contributed by atoms with Crippen molar-refractivity contribution in [3.05, 3.63) is 64.9 Å². The Bertz CT molecular complexity index is 589. The number of hydrogen-bond donors (Lipinski definition) is 2. The van der Waals surface area contributed by atoms with Gasteiger partial charge in [0.2, 0.25) is 5.91 Å². The first kappa shape index (κ1) is 13.5. The van der Waals surface area contributed by atoms with Crippen molar-refractivity contribution in [2.75, 3.05) is 5.32 Å². The van der Waals surface area contributed by atoms with Gasteiger partial charge in [-0.3, -0.25) is 4.79 Å². The van der Waals surface area contributed by atoms with Gasteiger partial charge in [0.1, 0.15) is 11.9 Å². The highest BCUT2D eigenvalue weighted by Crippen LogP contribution is 2.21. The molecule has 3 nitrogen and oxygen atoms in total. The lowest BCUT2D eigenvalue weighted by molar-refractivity contribution is -0.117. The van der Waals surface area contributed by atoms with E-state index < -0.39 is 17.8 Å². The van der Waals surface area contributed by atoms with E-state index in [1.54, 1.807) is 24.3 Å². The van der Waals surface area contributed by atoms with E-state index in [1.807, 2.05) is 6.07 Å². The zero-order valence-corrected chi connectivity index (χ0v) is 10.7. The SMILES string of the molecule is N[C@@H](C(=O)Nc1cc(Cl)ccc1F)c1ccccc1. The van der Waals surface area contributed by atoms with E-state index in [4.69, 9.17) is 17.3 Å². The second kappa shape index (κ2) is 5.82. The van der Waals surface area contributed by atoms with Crippen LogP contribution >= 0.6 is 11.6 Å². The Morgan fingerprint density at radius 1 is 1.21 bits per heavy atom. The molecule has 1 atom stereocenters. The molecule has 0 saturated heterocycles. The first-order valence-corrected chi connectivity index (χ1v) is 6.02. The minimum absolute atomic E-state index is 0.0175. The van der Waals surface area contributed by atoms with Gasteiger partial charge in [-0.15, -0.1) is 0 Å². The number of nitrogens with one attached hydrogen (secondary N) is 1. The smallest absolute Gasteiger partial charge is 0.245 e. The van der Waals surface area contributed by atoms with Crippen LogP contribution in [0.15, 0.2) is 48.5 Å². The van der Waals surface area contributed by atoms with Crippen molar-refractivity contribution >= 4 is 23.2 Å². The van der Waals surface area contributed by atoms with Gasteiger partial charge < -0.3 is 11.1 Å². The van der Waals surface area contributed by atoms with Crippen LogP contribution in [0.5, 0.6) is 0 Å². The maximum absolute atomic E-state index is 13.5. The number of rotatable bonds is 3. The normalized spacial score (nSPS) is 11.9. The maximum atomic E-state index is 13.5. The number of amides is 1. The molecule has 0 aliphatic rings. The summed E-state index contributed by atoms with van der Waals surface area (Å²) in [4.78, 5) is 11.9. The predicted molar refractivity (Wildman–Crippen MR) is 73.4 cm³/mol. The first-order valence-electron chi connectivity index (χ1n) is 5.64. The van der Waals surface area contributed by atoms with Gasteiger partial charge in [0.05, 0.1) is 5.69 Å². The van der Waals surface area contributed by atoms with E-state index in [1.165, 1.54) is 18.2 Å². The largest absolute Gasteiger partial charge is 0.322 e. The Balaban J connectivity index is 2.15. The first-order chi connectivity index (χ1) is 9.08. The second-order valence-electron chi connectivity index (χ2n) is 4.00. The van der Waals surface area contributed by atoms with E-state index in [0.29, 0.717) is 10.6 Å². The number of hydrogen-bond acceptors (Lipinski definition) is 2. The molecule has 2 aromatic rings. The summed E-state index contributed by atoms with van der Waals surface area (Å²) in [5, 5.41) is 2.76. The molecule has 3 N–H and O–H groups in total. The summed E-state index contributed by atoms with van der Waals surface area (Å²) in [6.07, 6.45) is 0. The Morgan fingerprint density at radius 3 is 2.58 bits per heavy atom. The van der Waals surface area contributed by atoms with E-state index in [-0.39, 0.29) is 5.69 Å². The highest BCUT2D eigenvalue weighted by molar-refractivity contribution is 6.30. The van der Waals surface area contributed by atoms with Crippen molar-refractivity contribution in [1.82, 2.24) is 0 Å². The monoisotopic (exact) mass is 278 g/mol. The fourth-order valence-electron chi connectivity index (χ4n) is 1.62. The van der Waals surface area contributed by atoms with Crippen LogP contribution in [0.25, 0.3) is 0 Å². The number of benzene rings is 2. The molecule has 2 aromatic carbocycles. The van der Waals surface area contributed by atoms with Gasteiger partial charge >= 0.3 is 0 Å². The van der Waals surface area contributed by atoms with Gasteiger partial charge in [-0.05, 0) is 23.8 Å². The Hall–Kier alpha value is -1.91. The summed E-state index contributed by atoms with van der Waals surface area (Å²) in [6, 6.07) is 11.9. The zero-order valence-electron chi connectivity index (χ0n) is 9.94. The average molecular weight is 279 g/mol. The minimum atomic E-state index is -0.861. The summed E-state index contributed by atoms with van der Waals surface area (Å²) in [7, 11) is 0. The maximum Gasteiger partial charge on any atom is 0.245 e. The molecule has 98 valence electrons. The summed E-state index contributed by atoms with van der Waals surface area (Å²) >= 11 is 5.75. The predicted octanol–water partition coefficient (Wildman–Crippen LogP) is 3.12. The van der Waals surface area contributed by atoms with Crippen LogP contribution in [0.1, 0.15) is 11.6 Å². The highest BCUT2D eigenvalue weighted by atomic mass is 35.5. The zero-order chi connectivity index (χ0) is 13.8. The number of carbonyl (C=O) groups is 1. The number of carbonyl (C=O) groups excluding carboxylic acids is 1. The fourth-order valence-corrected chi connectivity index (χ4v) is 1.79. The molecule has 0 aliphatic heterocycles. The molecule has 0 spiro atoms. The summed E-state index contributed by atoms with van der Waals surface area (Å²) in [5.74, 6) is -1.05. The van der Waals surface area contributed by atoms with Crippen molar-refractivity contribution < 1.29 is 9.18 Å². The number of halogens is 2. The molecule has 2 rings (SSSR count). The van der Waals surface area contributed by atoms with Crippen LogP contribution in [-0.4, -0.2) is 5.91 Å². The quantitative estimate of drug-likeness (QED) is 0.906. The minimum Gasteiger partial charge on any atom is -0.322 e. The third-order valence-corrected chi connectivity index (χ3v) is 2.86. The van der Waals surface area contributed by atoms with Gasteiger partial charge in [-0.2, -0.15) is 0 Å². The molecule has 0 fully saturated rings. The number of nitrogens with two attached hydrogens (primary N) is 1. The molecule has 5 heteroatoms. The van der Waals surface area contributed by atoms with Crippen LogP contribution in [-0.2, 0) is 4.79 Å². The molecule has 0 radical (unpaired) electrons. The molecule has 0 aliphatic carbocycles. The third kappa shape index (κ3) is 3.30. The fraction of sp³-hybridized carbons (Fsp3) is 0.0714. The van der Waals surface area contributed by atoms with Crippen molar-refractivity contribution in [2.45, 2.75) is 6.04 Å². The lowest BCUT2D eigenvalue weighted by atomic mass is 10.1. The van der Waals surface area contributed by atoms with Gasteiger partial charge in [0.25, 0.3) is 0 Å². The summed E-state index contributed by atoms with van der Waals surface area (Å²) in [5.41, 5.74) is 6.48. The van der Waals surface area contributed by atoms with E-state index in [9.17, 15) is 9.18 Å². The lowest BCUT2D eigenvalue weighted by Gasteiger charge is -2.13. The van der Waals surface area contributed by atoms with Crippen LogP contribution in [0.3, 0.4) is 0 Å². The standard InChI is InChI=1S/C14H12ClFN2O/c15-10-6-7-11(16)12(8-10)18-14(19)13(17)9-4-2-1-3-5-9/h1-8,13H,17H2,(H,18,19)/t13-/m1/s1. The second-order valence-corrected chi connectivity index (χ2v) is 4.44.